The maximum Gasteiger partial charge on any atom is 0.411 e. The van der Waals surface area contributed by atoms with Gasteiger partial charge >= 0.3 is 6.18 Å². The highest BCUT2D eigenvalue weighted by molar-refractivity contribution is 5.98. The highest BCUT2D eigenvalue weighted by atomic mass is 19.4. The largest absolute Gasteiger partial charge is 0.411 e. The van der Waals surface area contributed by atoms with Crippen LogP contribution in [0.1, 0.15) is 52.6 Å². The van der Waals surface area contributed by atoms with Gasteiger partial charge in [0, 0.05) is 23.2 Å². The van der Waals surface area contributed by atoms with Crippen molar-refractivity contribution in [3.63, 3.8) is 0 Å². The fourth-order valence-electron chi connectivity index (χ4n) is 2.51. The van der Waals surface area contributed by atoms with E-state index < -0.39 is 12.8 Å². The molecule has 0 bridgehead atoms. The molecule has 0 unspecified atom stereocenters. The standard InChI is InChI=1S/C22H25F3N2O3/c1-21(2,3)27-20(29)18-10-8-17(9-11-18)19(28)26-12-15-4-6-16(7-5-15)13-30-14-22(23,24)25/h4-11H,12-14H2,1-3H3,(H,26,28)(H,27,29). The Kier molecular flexibility index (Phi) is 7.61. The van der Waals surface area contributed by atoms with E-state index in [1.54, 1.807) is 48.5 Å². The van der Waals surface area contributed by atoms with E-state index in [4.69, 9.17) is 0 Å². The van der Waals surface area contributed by atoms with E-state index >= 15 is 0 Å². The molecule has 0 fully saturated rings. The predicted octanol–water partition coefficient (Wildman–Crippen LogP) is 4.22. The molecule has 0 aliphatic rings. The Morgan fingerprint density at radius 2 is 1.33 bits per heavy atom. The van der Waals surface area contributed by atoms with Crippen LogP contribution in [0.3, 0.4) is 0 Å². The van der Waals surface area contributed by atoms with Crippen LogP contribution in [-0.4, -0.2) is 30.1 Å². The van der Waals surface area contributed by atoms with Crippen molar-refractivity contribution in [1.82, 2.24) is 10.6 Å². The van der Waals surface area contributed by atoms with Crippen molar-refractivity contribution in [1.29, 1.82) is 0 Å². The molecule has 30 heavy (non-hydrogen) atoms. The predicted molar refractivity (Wildman–Crippen MR) is 107 cm³/mol. The average Bonchev–Trinajstić information content (AvgIpc) is 2.65. The van der Waals surface area contributed by atoms with Crippen LogP contribution in [0.15, 0.2) is 48.5 Å². The maximum atomic E-state index is 12.3. The van der Waals surface area contributed by atoms with E-state index in [0.717, 1.165) is 5.56 Å². The van der Waals surface area contributed by atoms with E-state index in [1.807, 2.05) is 20.8 Å². The van der Waals surface area contributed by atoms with Crippen molar-refractivity contribution in [2.45, 2.75) is 45.6 Å². The van der Waals surface area contributed by atoms with Crippen LogP contribution in [-0.2, 0) is 17.9 Å². The van der Waals surface area contributed by atoms with Gasteiger partial charge < -0.3 is 15.4 Å². The molecule has 0 aromatic heterocycles. The summed E-state index contributed by atoms with van der Waals surface area (Å²) in [6.45, 7) is 4.48. The van der Waals surface area contributed by atoms with Crippen molar-refractivity contribution < 1.29 is 27.5 Å². The summed E-state index contributed by atoms with van der Waals surface area (Å²) in [6, 6.07) is 13.1. The monoisotopic (exact) mass is 422 g/mol. The summed E-state index contributed by atoms with van der Waals surface area (Å²) in [7, 11) is 0. The molecule has 0 aliphatic heterocycles. The molecule has 0 radical (unpaired) electrons. The third kappa shape index (κ3) is 8.24. The second-order valence-corrected chi connectivity index (χ2v) is 7.89. The fraction of sp³-hybridized carbons (Fsp3) is 0.364. The molecule has 2 aromatic rings. The third-order valence-corrected chi connectivity index (χ3v) is 3.91. The normalized spacial score (nSPS) is 11.8. The summed E-state index contributed by atoms with van der Waals surface area (Å²) in [5.74, 6) is -0.510. The zero-order valence-electron chi connectivity index (χ0n) is 17.1. The van der Waals surface area contributed by atoms with Crippen molar-refractivity contribution in [2.24, 2.45) is 0 Å². The lowest BCUT2D eigenvalue weighted by atomic mass is 10.1. The van der Waals surface area contributed by atoms with E-state index in [1.165, 1.54) is 0 Å². The summed E-state index contributed by atoms with van der Waals surface area (Å²) < 4.78 is 40.9. The Balaban J connectivity index is 1.84. The van der Waals surface area contributed by atoms with Crippen LogP contribution in [0.4, 0.5) is 13.2 Å². The third-order valence-electron chi connectivity index (χ3n) is 3.91. The summed E-state index contributed by atoms with van der Waals surface area (Å²) in [4.78, 5) is 24.4. The van der Waals surface area contributed by atoms with Gasteiger partial charge in [0.25, 0.3) is 11.8 Å². The van der Waals surface area contributed by atoms with Gasteiger partial charge in [-0.15, -0.1) is 0 Å². The Labute approximate surface area is 173 Å². The van der Waals surface area contributed by atoms with Crippen molar-refractivity contribution in [3.8, 4) is 0 Å². The van der Waals surface area contributed by atoms with E-state index in [0.29, 0.717) is 16.7 Å². The van der Waals surface area contributed by atoms with Crippen LogP contribution >= 0.6 is 0 Å². The first-order valence-electron chi connectivity index (χ1n) is 9.36. The number of hydrogen-bond donors (Lipinski definition) is 2. The molecular formula is C22H25F3N2O3. The van der Waals surface area contributed by atoms with Crippen LogP contribution in [0.2, 0.25) is 0 Å². The van der Waals surface area contributed by atoms with E-state index in [9.17, 15) is 22.8 Å². The number of nitrogens with one attached hydrogen (secondary N) is 2. The number of carbonyl (C=O) groups excluding carboxylic acids is 2. The van der Waals surface area contributed by atoms with Gasteiger partial charge in [-0.1, -0.05) is 24.3 Å². The van der Waals surface area contributed by atoms with Gasteiger partial charge in [-0.2, -0.15) is 13.2 Å². The molecular weight excluding hydrogens is 397 g/mol. The second-order valence-electron chi connectivity index (χ2n) is 7.89. The number of halogens is 3. The molecule has 162 valence electrons. The molecule has 0 saturated heterocycles. The molecule has 0 spiro atoms. The van der Waals surface area contributed by atoms with Crippen LogP contribution in [0.25, 0.3) is 0 Å². The minimum Gasteiger partial charge on any atom is -0.367 e. The van der Waals surface area contributed by atoms with Gasteiger partial charge in [0.2, 0.25) is 0 Å². The smallest absolute Gasteiger partial charge is 0.367 e. The Bertz CT molecular complexity index is 855. The zero-order chi connectivity index (χ0) is 22.4. The fourth-order valence-corrected chi connectivity index (χ4v) is 2.51. The summed E-state index contributed by atoms with van der Waals surface area (Å²) in [6.07, 6.45) is -4.35. The summed E-state index contributed by atoms with van der Waals surface area (Å²) in [5, 5.41) is 5.62. The first-order valence-corrected chi connectivity index (χ1v) is 9.36. The highest BCUT2D eigenvalue weighted by Crippen LogP contribution is 2.16. The zero-order valence-corrected chi connectivity index (χ0v) is 17.1. The number of hydrogen-bond acceptors (Lipinski definition) is 3. The maximum absolute atomic E-state index is 12.3. The minimum atomic E-state index is -4.35. The lowest BCUT2D eigenvalue weighted by Crippen LogP contribution is -2.40. The lowest BCUT2D eigenvalue weighted by Gasteiger charge is -2.20. The molecule has 2 rings (SSSR count). The van der Waals surface area contributed by atoms with Gasteiger partial charge in [-0.05, 0) is 56.2 Å². The first-order chi connectivity index (χ1) is 13.9. The molecule has 2 N–H and O–H groups in total. The number of alkyl halides is 3. The quantitative estimate of drug-likeness (QED) is 0.702. The summed E-state index contributed by atoms with van der Waals surface area (Å²) >= 11 is 0. The molecule has 2 aromatic carbocycles. The molecule has 0 atom stereocenters. The van der Waals surface area contributed by atoms with Crippen LogP contribution < -0.4 is 10.6 Å². The number of rotatable bonds is 7. The molecule has 0 saturated carbocycles. The lowest BCUT2D eigenvalue weighted by molar-refractivity contribution is -0.176. The molecule has 2 amide bonds. The Morgan fingerprint density at radius 1 is 0.833 bits per heavy atom. The van der Waals surface area contributed by atoms with Crippen molar-refractivity contribution >= 4 is 11.8 Å². The number of benzene rings is 2. The Morgan fingerprint density at radius 3 is 1.83 bits per heavy atom. The first kappa shape index (κ1) is 23.4. The number of amides is 2. The van der Waals surface area contributed by atoms with Gasteiger partial charge in [0.05, 0.1) is 6.61 Å². The Hall–Kier alpha value is -2.87. The topological polar surface area (TPSA) is 67.4 Å². The van der Waals surface area contributed by atoms with Gasteiger partial charge in [-0.25, -0.2) is 0 Å². The molecule has 8 heteroatoms. The number of carbonyl (C=O) groups is 2. The van der Waals surface area contributed by atoms with Gasteiger partial charge in [0.1, 0.15) is 6.61 Å². The highest BCUT2D eigenvalue weighted by Gasteiger charge is 2.27. The van der Waals surface area contributed by atoms with Gasteiger partial charge in [-0.3, -0.25) is 9.59 Å². The van der Waals surface area contributed by atoms with Crippen molar-refractivity contribution in [3.05, 3.63) is 70.8 Å². The average molecular weight is 422 g/mol. The molecule has 0 aliphatic carbocycles. The molecule has 5 nitrogen and oxygen atoms in total. The minimum absolute atomic E-state index is 0.138. The van der Waals surface area contributed by atoms with Gasteiger partial charge in [0.15, 0.2) is 0 Å². The molecule has 0 heterocycles. The van der Waals surface area contributed by atoms with E-state index in [-0.39, 0.29) is 30.5 Å². The van der Waals surface area contributed by atoms with Crippen molar-refractivity contribution in [2.75, 3.05) is 6.61 Å². The van der Waals surface area contributed by atoms with Crippen LogP contribution in [0.5, 0.6) is 0 Å². The van der Waals surface area contributed by atoms with Crippen LogP contribution in [0, 0.1) is 0 Å². The SMILES string of the molecule is CC(C)(C)NC(=O)c1ccc(C(=O)NCc2ccc(COCC(F)(F)F)cc2)cc1. The summed E-state index contributed by atoms with van der Waals surface area (Å²) in [5.41, 5.74) is 1.93. The second kappa shape index (κ2) is 9.75. The van der Waals surface area contributed by atoms with E-state index in [2.05, 4.69) is 15.4 Å². The number of ether oxygens (including phenoxy) is 1.